The Morgan fingerprint density at radius 2 is 2.17 bits per heavy atom. The Balaban J connectivity index is 3.53. The van der Waals surface area contributed by atoms with Gasteiger partial charge in [-0.3, -0.25) is 0 Å². The predicted octanol–water partition coefficient (Wildman–Crippen LogP) is 1.39. The van der Waals surface area contributed by atoms with E-state index in [4.69, 9.17) is 6.42 Å². The fraction of sp³-hybridized carbons (Fsp3) is 0.667. The molecule has 0 saturated heterocycles. The van der Waals surface area contributed by atoms with Crippen LogP contribution in [0.5, 0.6) is 0 Å². The van der Waals surface area contributed by atoms with Crippen LogP contribution in [0.2, 0.25) is 0 Å². The topological polar surface area (TPSA) is 38.3 Å². The summed E-state index contributed by atoms with van der Waals surface area (Å²) in [5, 5.41) is 2.60. The van der Waals surface area contributed by atoms with E-state index in [1.54, 1.807) is 0 Å². The van der Waals surface area contributed by atoms with E-state index in [-0.39, 0.29) is 12.0 Å². The predicted molar refractivity (Wildman–Crippen MR) is 47.6 cm³/mol. The third kappa shape index (κ3) is 6.94. The summed E-state index contributed by atoms with van der Waals surface area (Å²) >= 11 is 0. The van der Waals surface area contributed by atoms with Crippen molar-refractivity contribution in [2.75, 3.05) is 13.2 Å². The van der Waals surface area contributed by atoms with E-state index in [0.29, 0.717) is 6.54 Å². The van der Waals surface area contributed by atoms with Crippen molar-refractivity contribution < 1.29 is 9.53 Å². The lowest BCUT2D eigenvalue weighted by atomic mass is 9.97. The molecule has 0 aromatic rings. The molecule has 0 fully saturated rings. The lowest BCUT2D eigenvalue weighted by Gasteiger charge is -2.17. The maximum Gasteiger partial charge on any atom is 0.408 e. The van der Waals surface area contributed by atoms with Crippen LogP contribution in [0.15, 0.2) is 0 Å². The van der Waals surface area contributed by atoms with Crippen LogP contribution < -0.4 is 5.32 Å². The van der Waals surface area contributed by atoms with Gasteiger partial charge in [0.05, 0.1) is 0 Å². The van der Waals surface area contributed by atoms with Gasteiger partial charge in [-0.05, 0) is 5.41 Å². The minimum atomic E-state index is -0.456. The van der Waals surface area contributed by atoms with Gasteiger partial charge in [0.15, 0.2) is 6.61 Å². The average Bonchev–Trinajstić information content (AvgIpc) is 1.95. The maximum absolute atomic E-state index is 10.8. The number of amides is 1. The Morgan fingerprint density at radius 1 is 1.58 bits per heavy atom. The van der Waals surface area contributed by atoms with Crippen LogP contribution in [0.1, 0.15) is 20.8 Å². The zero-order valence-electron chi connectivity index (χ0n) is 7.81. The average molecular weight is 169 g/mol. The summed E-state index contributed by atoms with van der Waals surface area (Å²) in [4.78, 5) is 10.8. The summed E-state index contributed by atoms with van der Waals surface area (Å²) < 4.78 is 4.60. The van der Waals surface area contributed by atoms with Gasteiger partial charge in [0.2, 0.25) is 0 Å². The number of carbonyl (C=O) groups excluding carboxylic acids is 1. The van der Waals surface area contributed by atoms with Crippen LogP contribution in [-0.2, 0) is 4.74 Å². The highest BCUT2D eigenvalue weighted by Gasteiger charge is 2.11. The van der Waals surface area contributed by atoms with Gasteiger partial charge >= 0.3 is 6.09 Å². The molecule has 0 heterocycles. The van der Waals surface area contributed by atoms with Gasteiger partial charge < -0.3 is 10.1 Å². The van der Waals surface area contributed by atoms with Crippen LogP contribution in [0.4, 0.5) is 4.79 Å². The highest BCUT2D eigenvalue weighted by molar-refractivity contribution is 5.67. The highest BCUT2D eigenvalue weighted by Crippen LogP contribution is 2.09. The molecule has 0 saturated carbocycles. The highest BCUT2D eigenvalue weighted by atomic mass is 16.5. The van der Waals surface area contributed by atoms with E-state index in [1.165, 1.54) is 0 Å². The molecule has 0 atom stereocenters. The van der Waals surface area contributed by atoms with E-state index in [9.17, 15) is 4.79 Å². The molecule has 3 heteroatoms. The molecule has 0 unspecified atom stereocenters. The zero-order chi connectivity index (χ0) is 9.61. The second-order valence-corrected chi connectivity index (χ2v) is 3.69. The Kier molecular flexibility index (Phi) is 4.20. The van der Waals surface area contributed by atoms with Crippen molar-refractivity contribution >= 4 is 6.09 Å². The fourth-order valence-electron chi connectivity index (χ4n) is 0.496. The molecule has 0 aromatic carbocycles. The zero-order valence-corrected chi connectivity index (χ0v) is 7.81. The summed E-state index contributed by atoms with van der Waals surface area (Å²) in [6, 6.07) is 0. The first-order valence-corrected chi connectivity index (χ1v) is 3.80. The number of nitrogens with one attached hydrogen (secondary N) is 1. The third-order valence-corrected chi connectivity index (χ3v) is 1.05. The molecule has 0 spiro atoms. The molecule has 0 bridgehead atoms. The summed E-state index contributed by atoms with van der Waals surface area (Å²) in [7, 11) is 0. The van der Waals surface area contributed by atoms with Crippen LogP contribution >= 0.6 is 0 Å². The molecule has 68 valence electrons. The summed E-state index contributed by atoms with van der Waals surface area (Å²) in [5.41, 5.74) is 0.0646. The first-order chi connectivity index (χ1) is 5.45. The van der Waals surface area contributed by atoms with E-state index in [0.717, 1.165) is 0 Å². The van der Waals surface area contributed by atoms with Crippen molar-refractivity contribution in [2.45, 2.75) is 20.8 Å². The van der Waals surface area contributed by atoms with Gasteiger partial charge in [0.25, 0.3) is 0 Å². The molecule has 0 aliphatic heterocycles. The monoisotopic (exact) mass is 169 g/mol. The van der Waals surface area contributed by atoms with E-state index < -0.39 is 6.09 Å². The quantitative estimate of drug-likeness (QED) is 0.634. The lowest BCUT2D eigenvalue weighted by molar-refractivity contribution is 0.156. The van der Waals surface area contributed by atoms with Crippen molar-refractivity contribution in [2.24, 2.45) is 5.41 Å². The van der Waals surface area contributed by atoms with Gasteiger partial charge in [-0.15, -0.1) is 6.42 Å². The number of terminal acetylenes is 1. The molecule has 3 nitrogen and oxygen atoms in total. The lowest BCUT2D eigenvalue weighted by Crippen LogP contribution is -2.32. The molecule has 0 radical (unpaired) electrons. The number of carbonyl (C=O) groups is 1. The van der Waals surface area contributed by atoms with Crippen LogP contribution in [0.25, 0.3) is 0 Å². The Morgan fingerprint density at radius 3 is 2.58 bits per heavy atom. The minimum Gasteiger partial charge on any atom is -0.436 e. The number of hydrogen-bond acceptors (Lipinski definition) is 2. The molecular weight excluding hydrogens is 154 g/mol. The molecule has 0 aliphatic rings. The number of alkyl carbamates (subject to hydrolysis) is 1. The standard InChI is InChI=1S/C9H15NO2/c1-5-6-12-8(11)10-7-9(2,3)4/h1H,6-7H2,2-4H3,(H,10,11). The number of ether oxygens (including phenoxy) is 1. The largest absolute Gasteiger partial charge is 0.436 e. The fourth-order valence-corrected chi connectivity index (χ4v) is 0.496. The summed E-state index contributed by atoms with van der Waals surface area (Å²) in [5.74, 6) is 2.21. The molecule has 1 amide bonds. The molecule has 0 rings (SSSR count). The Bertz CT molecular complexity index is 186. The Labute approximate surface area is 73.5 Å². The van der Waals surface area contributed by atoms with Crippen molar-refractivity contribution in [3.8, 4) is 12.3 Å². The molecule has 0 aliphatic carbocycles. The maximum atomic E-state index is 10.8. The van der Waals surface area contributed by atoms with Gasteiger partial charge in [0.1, 0.15) is 0 Å². The summed E-state index contributed by atoms with van der Waals surface area (Å²) in [6.45, 7) is 6.67. The molecule has 1 N–H and O–H groups in total. The van der Waals surface area contributed by atoms with Crippen LogP contribution in [0, 0.1) is 17.8 Å². The number of rotatable bonds is 2. The second-order valence-electron chi connectivity index (χ2n) is 3.69. The SMILES string of the molecule is C#CCOC(=O)NCC(C)(C)C. The van der Waals surface area contributed by atoms with Crippen LogP contribution in [-0.4, -0.2) is 19.2 Å². The first-order valence-electron chi connectivity index (χ1n) is 3.80. The molecule has 0 aromatic heterocycles. The van der Waals surface area contributed by atoms with Crippen molar-refractivity contribution in [1.82, 2.24) is 5.32 Å². The smallest absolute Gasteiger partial charge is 0.408 e. The second kappa shape index (κ2) is 4.66. The third-order valence-electron chi connectivity index (χ3n) is 1.05. The van der Waals surface area contributed by atoms with Crippen LogP contribution in [0.3, 0.4) is 0 Å². The summed E-state index contributed by atoms with van der Waals surface area (Å²) in [6.07, 6.45) is 4.45. The molecular formula is C9H15NO2. The van der Waals surface area contributed by atoms with E-state index in [1.807, 2.05) is 20.8 Å². The van der Waals surface area contributed by atoms with Gasteiger partial charge in [-0.2, -0.15) is 0 Å². The molecule has 12 heavy (non-hydrogen) atoms. The minimum absolute atomic E-state index is 0.0238. The van der Waals surface area contributed by atoms with E-state index >= 15 is 0 Å². The Hall–Kier alpha value is -1.17. The van der Waals surface area contributed by atoms with Gasteiger partial charge in [-0.25, -0.2) is 4.79 Å². The van der Waals surface area contributed by atoms with Crippen molar-refractivity contribution in [3.63, 3.8) is 0 Å². The van der Waals surface area contributed by atoms with E-state index in [2.05, 4.69) is 16.0 Å². The van der Waals surface area contributed by atoms with Gasteiger partial charge in [0, 0.05) is 6.54 Å². The van der Waals surface area contributed by atoms with Crippen molar-refractivity contribution in [3.05, 3.63) is 0 Å². The normalized spacial score (nSPS) is 10.2. The van der Waals surface area contributed by atoms with Crippen molar-refractivity contribution in [1.29, 1.82) is 0 Å². The first kappa shape index (κ1) is 10.8. The number of hydrogen-bond donors (Lipinski definition) is 1. The van der Waals surface area contributed by atoms with Gasteiger partial charge in [-0.1, -0.05) is 26.7 Å².